The van der Waals surface area contributed by atoms with E-state index in [1.807, 2.05) is 24.3 Å². The van der Waals surface area contributed by atoms with Crippen LogP contribution in [0.1, 0.15) is 42.6 Å². The molecule has 150 valence electrons. The van der Waals surface area contributed by atoms with Crippen molar-refractivity contribution in [2.45, 2.75) is 32.8 Å². The van der Waals surface area contributed by atoms with Gasteiger partial charge < -0.3 is 25.6 Å². The van der Waals surface area contributed by atoms with Crippen LogP contribution in [0.15, 0.2) is 42.5 Å². The van der Waals surface area contributed by atoms with Gasteiger partial charge in [0.1, 0.15) is 17.2 Å². The van der Waals surface area contributed by atoms with Gasteiger partial charge in [-0.1, -0.05) is 32.0 Å². The summed E-state index contributed by atoms with van der Waals surface area (Å²) in [5.41, 5.74) is 1.16. The zero-order valence-electron chi connectivity index (χ0n) is 16.2. The first kappa shape index (κ1) is 21.1. The molecule has 0 saturated heterocycles. The van der Waals surface area contributed by atoms with E-state index in [2.05, 4.69) is 24.5 Å². The van der Waals surface area contributed by atoms with Crippen molar-refractivity contribution in [1.29, 1.82) is 0 Å². The molecule has 2 aromatic carbocycles. The summed E-state index contributed by atoms with van der Waals surface area (Å²) in [6.45, 7) is 6.19. The molecule has 0 aromatic heterocycles. The van der Waals surface area contributed by atoms with Crippen molar-refractivity contribution in [2.75, 3.05) is 13.1 Å². The van der Waals surface area contributed by atoms with E-state index in [9.17, 15) is 19.8 Å². The highest BCUT2D eigenvalue weighted by Crippen LogP contribution is 2.26. The maximum atomic E-state index is 12.2. The summed E-state index contributed by atoms with van der Waals surface area (Å²) >= 11 is 0. The quantitative estimate of drug-likeness (QED) is 0.522. The highest BCUT2D eigenvalue weighted by molar-refractivity contribution is 5.95. The lowest BCUT2D eigenvalue weighted by molar-refractivity contribution is -0.127. The molecule has 0 heterocycles. The number of carbonyl (C=O) groups is 2. The summed E-state index contributed by atoms with van der Waals surface area (Å²) < 4.78 is 5.79. The fraction of sp³-hybridized carbons (Fsp3) is 0.333. The van der Waals surface area contributed by atoms with Gasteiger partial charge in [-0.2, -0.15) is 0 Å². The van der Waals surface area contributed by atoms with Gasteiger partial charge in [0, 0.05) is 24.7 Å². The molecule has 0 spiro atoms. The third-order valence-corrected chi connectivity index (χ3v) is 4.09. The molecule has 1 atom stereocenters. The fourth-order valence-corrected chi connectivity index (χ4v) is 2.64. The Morgan fingerprint density at radius 3 is 2.21 bits per heavy atom. The van der Waals surface area contributed by atoms with Crippen LogP contribution in [0, 0.1) is 0 Å². The molecule has 0 aliphatic rings. The Kier molecular flexibility index (Phi) is 7.26. The molecule has 0 fully saturated rings. The maximum Gasteiger partial charge on any atom is 0.260 e. The predicted octanol–water partition coefficient (Wildman–Crippen LogP) is 2.53. The Bertz CT molecular complexity index is 815. The number of nitrogens with one attached hydrogen (secondary N) is 2. The van der Waals surface area contributed by atoms with Crippen LogP contribution in [0.5, 0.6) is 17.2 Å². The second-order valence-corrected chi connectivity index (χ2v) is 6.74. The normalized spacial score (nSPS) is 11.7. The van der Waals surface area contributed by atoms with Gasteiger partial charge in [0.25, 0.3) is 11.8 Å². The van der Waals surface area contributed by atoms with Crippen molar-refractivity contribution in [3.8, 4) is 17.2 Å². The minimum absolute atomic E-state index is 0.130. The van der Waals surface area contributed by atoms with E-state index in [-0.39, 0.29) is 42.0 Å². The highest BCUT2D eigenvalue weighted by Gasteiger charge is 2.17. The van der Waals surface area contributed by atoms with E-state index in [4.69, 9.17) is 4.74 Å². The summed E-state index contributed by atoms with van der Waals surface area (Å²) in [6, 6.07) is 11.2. The Balaban J connectivity index is 1.80. The number of phenols is 2. The molecule has 28 heavy (non-hydrogen) atoms. The molecule has 7 heteroatoms. The van der Waals surface area contributed by atoms with Crippen LogP contribution in [0.3, 0.4) is 0 Å². The Hall–Kier alpha value is -3.22. The van der Waals surface area contributed by atoms with Crippen molar-refractivity contribution in [1.82, 2.24) is 10.6 Å². The number of ether oxygens (including phenoxy) is 1. The lowest BCUT2D eigenvalue weighted by Gasteiger charge is -2.18. The molecule has 0 aliphatic heterocycles. The van der Waals surface area contributed by atoms with Crippen LogP contribution in [0.4, 0.5) is 0 Å². The lowest BCUT2D eigenvalue weighted by atomic mass is 10.0. The first-order valence-corrected chi connectivity index (χ1v) is 9.12. The molecule has 2 aromatic rings. The second-order valence-electron chi connectivity index (χ2n) is 6.74. The second kappa shape index (κ2) is 9.64. The summed E-state index contributed by atoms with van der Waals surface area (Å²) in [5.74, 6) is -0.202. The first-order chi connectivity index (χ1) is 13.3. The molecule has 0 radical (unpaired) electrons. The summed E-state index contributed by atoms with van der Waals surface area (Å²) in [6.07, 6.45) is -0.682. The van der Waals surface area contributed by atoms with E-state index >= 15 is 0 Å². The third-order valence-electron chi connectivity index (χ3n) is 4.09. The molecule has 0 bridgehead atoms. The molecule has 0 aliphatic carbocycles. The van der Waals surface area contributed by atoms with Crippen LogP contribution < -0.4 is 15.4 Å². The van der Waals surface area contributed by atoms with E-state index in [0.717, 1.165) is 11.6 Å². The number of rotatable bonds is 8. The number of hydrogen-bond donors (Lipinski definition) is 4. The Morgan fingerprint density at radius 2 is 1.57 bits per heavy atom. The van der Waals surface area contributed by atoms with Gasteiger partial charge in [-0.15, -0.1) is 0 Å². The SMILES string of the molecule is CC(Oc1ccccc1C(C)C)C(=O)NCCNC(=O)c1cc(O)cc(O)c1. The molecule has 2 amide bonds. The van der Waals surface area contributed by atoms with Crippen molar-refractivity contribution in [2.24, 2.45) is 0 Å². The fourth-order valence-electron chi connectivity index (χ4n) is 2.64. The topological polar surface area (TPSA) is 108 Å². The maximum absolute atomic E-state index is 12.2. The smallest absolute Gasteiger partial charge is 0.260 e. The third kappa shape index (κ3) is 5.90. The zero-order valence-corrected chi connectivity index (χ0v) is 16.2. The van der Waals surface area contributed by atoms with E-state index in [1.54, 1.807) is 6.92 Å². The van der Waals surface area contributed by atoms with Gasteiger partial charge in [-0.3, -0.25) is 9.59 Å². The molecule has 1 unspecified atom stereocenters. The van der Waals surface area contributed by atoms with Crippen LogP contribution in [-0.4, -0.2) is 41.2 Å². The van der Waals surface area contributed by atoms with Crippen molar-refractivity contribution >= 4 is 11.8 Å². The molecule has 2 rings (SSSR count). The molecular formula is C21H26N2O5. The molecule has 0 saturated carbocycles. The van der Waals surface area contributed by atoms with E-state index in [1.165, 1.54) is 12.1 Å². The number of amides is 2. The number of para-hydroxylation sites is 1. The molecule has 4 N–H and O–H groups in total. The highest BCUT2D eigenvalue weighted by atomic mass is 16.5. The van der Waals surface area contributed by atoms with Gasteiger partial charge in [0.05, 0.1) is 0 Å². The first-order valence-electron chi connectivity index (χ1n) is 9.12. The lowest BCUT2D eigenvalue weighted by Crippen LogP contribution is -2.40. The summed E-state index contributed by atoms with van der Waals surface area (Å²) in [5, 5.41) is 24.1. The Labute approximate surface area is 164 Å². The van der Waals surface area contributed by atoms with Gasteiger partial charge in [0.15, 0.2) is 6.10 Å². The van der Waals surface area contributed by atoms with Crippen molar-refractivity contribution in [3.63, 3.8) is 0 Å². The van der Waals surface area contributed by atoms with Crippen LogP contribution in [0.25, 0.3) is 0 Å². The van der Waals surface area contributed by atoms with Crippen LogP contribution in [0.2, 0.25) is 0 Å². The summed E-state index contributed by atoms with van der Waals surface area (Å²) in [7, 11) is 0. The molecular weight excluding hydrogens is 360 g/mol. The van der Waals surface area contributed by atoms with Crippen molar-refractivity contribution in [3.05, 3.63) is 53.6 Å². The average Bonchev–Trinajstić information content (AvgIpc) is 2.64. The number of carbonyl (C=O) groups excluding carboxylic acids is 2. The minimum atomic E-state index is -0.682. The largest absolute Gasteiger partial charge is 0.508 e. The zero-order chi connectivity index (χ0) is 20.7. The number of aromatic hydroxyl groups is 2. The summed E-state index contributed by atoms with van der Waals surface area (Å²) in [4.78, 5) is 24.2. The minimum Gasteiger partial charge on any atom is -0.508 e. The monoisotopic (exact) mass is 386 g/mol. The number of phenolic OH excluding ortho intramolecular Hbond substituents is 2. The van der Waals surface area contributed by atoms with Crippen LogP contribution >= 0.6 is 0 Å². The van der Waals surface area contributed by atoms with E-state index in [0.29, 0.717) is 5.75 Å². The Morgan fingerprint density at radius 1 is 0.964 bits per heavy atom. The average molecular weight is 386 g/mol. The van der Waals surface area contributed by atoms with Gasteiger partial charge in [-0.25, -0.2) is 0 Å². The van der Waals surface area contributed by atoms with Crippen molar-refractivity contribution < 1.29 is 24.5 Å². The van der Waals surface area contributed by atoms with Gasteiger partial charge in [0.2, 0.25) is 0 Å². The molecule has 7 nitrogen and oxygen atoms in total. The van der Waals surface area contributed by atoms with E-state index < -0.39 is 12.0 Å². The number of benzene rings is 2. The van der Waals surface area contributed by atoms with Crippen LogP contribution in [-0.2, 0) is 4.79 Å². The van der Waals surface area contributed by atoms with Gasteiger partial charge in [-0.05, 0) is 36.6 Å². The predicted molar refractivity (Wildman–Crippen MR) is 106 cm³/mol. The van der Waals surface area contributed by atoms with Gasteiger partial charge >= 0.3 is 0 Å². The standard InChI is InChI=1S/C21H26N2O5/c1-13(2)18-6-4-5-7-19(18)28-14(3)20(26)22-8-9-23-21(27)15-10-16(24)12-17(25)11-15/h4-7,10-14,24-25H,8-9H2,1-3H3,(H,22,26)(H,23,27). The number of hydrogen-bond acceptors (Lipinski definition) is 5.